The van der Waals surface area contributed by atoms with Crippen molar-refractivity contribution in [1.82, 2.24) is 5.32 Å². The molecule has 1 heterocycles. The van der Waals surface area contributed by atoms with Gasteiger partial charge in [0.2, 0.25) is 12.7 Å². The number of amides is 1. The van der Waals surface area contributed by atoms with Gasteiger partial charge in [-0.15, -0.1) is 11.8 Å². The van der Waals surface area contributed by atoms with Gasteiger partial charge in [-0.05, 0) is 24.0 Å². The Morgan fingerprint density at radius 1 is 1.44 bits per heavy atom. The summed E-state index contributed by atoms with van der Waals surface area (Å²) in [7, 11) is 1.64. The highest BCUT2D eigenvalue weighted by atomic mass is 32.2. The van der Waals surface area contributed by atoms with Gasteiger partial charge in [-0.1, -0.05) is 6.07 Å². The highest BCUT2D eigenvalue weighted by Crippen LogP contribution is 2.37. The Bertz CT molecular complexity index is 408. The molecule has 1 amide bonds. The molecule has 1 aliphatic heterocycles. The van der Waals surface area contributed by atoms with E-state index in [4.69, 9.17) is 9.47 Å². The summed E-state index contributed by atoms with van der Waals surface area (Å²) in [5.74, 6) is 1.44. The Kier molecular flexibility index (Phi) is 3.24. The molecule has 1 aromatic rings. The summed E-state index contributed by atoms with van der Waals surface area (Å²) < 4.78 is 10.5. The quantitative estimate of drug-likeness (QED) is 0.869. The molecule has 4 nitrogen and oxygen atoms in total. The number of hydrogen-bond acceptors (Lipinski definition) is 4. The van der Waals surface area contributed by atoms with Crippen molar-refractivity contribution < 1.29 is 14.3 Å². The topological polar surface area (TPSA) is 47.6 Å². The first kappa shape index (κ1) is 11.1. The lowest BCUT2D eigenvalue weighted by molar-refractivity contribution is -0.120. The number of fused-ring (bicyclic) bond motifs is 1. The zero-order chi connectivity index (χ0) is 11.5. The van der Waals surface area contributed by atoms with Crippen LogP contribution in [0.25, 0.3) is 0 Å². The van der Waals surface area contributed by atoms with Gasteiger partial charge in [0.15, 0.2) is 11.5 Å². The third-order valence-corrected chi connectivity index (χ3v) is 3.38. The molecule has 0 aliphatic carbocycles. The second kappa shape index (κ2) is 4.65. The van der Waals surface area contributed by atoms with E-state index in [-0.39, 0.29) is 18.0 Å². The van der Waals surface area contributed by atoms with Crippen LogP contribution in [0.5, 0.6) is 11.5 Å². The summed E-state index contributed by atoms with van der Waals surface area (Å²) in [5, 5.41) is 2.44. The Balaban J connectivity index is 2.29. The van der Waals surface area contributed by atoms with E-state index in [1.807, 2.05) is 24.5 Å². The zero-order valence-corrected chi connectivity index (χ0v) is 9.97. The fourth-order valence-electron chi connectivity index (χ4n) is 1.60. The van der Waals surface area contributed by atoms with Crippen LogP contribution in [0, 0.1) is 0 Å². The third kappa shape index (κ3) is 1.95. The molecule has 0 radical (unpaired) electrons. The number of rotatable bonds is 3. The van der Waals surface area contributed by atoms with Gasteiger partial charge >= 0.3 is 0 Å². The van der Waals surface area contributed by atoms with E-state index in [0.717, 1.165) is 11.3 Å². The van der Waals surface area contributed by atoms with E-state index in [1.54, 1.807) is 7.05 Å². The second-order valence-electron chi connectivity index (χ2n) is 3.34. The molecule has 5 heteroatoms. The lowest BCUT2D eigenvalue weighted by Crippen LogP contribution is -2.23. The first-order chi connectivity index (χ1) is 7.76. The summed E-state index contributed by atoms with van der Waals surface area (Å²) in [6.45, 7) is 0.253. The maximum atomic E-state index is 11.6. The minimum Gasteiger partial charge on any atom is -0.454 e. The molecule has 0 saturated heterocycles. The van der Waals surface area contributed by atoms with Crippen LogP contribution in [0.15, 0.2) is 18.2 Å². The number of nitrogens with one attached hydrogen (secondary N) is 1. The van der Waals surface area contributed by atoms with Crippen molar-refractivity contribution in [2.75, 3.05) is 20.1 Å². The third-order valence-electron chi connectivity index (χ3n) is 2.42. The lowest BCUT2D eigenvalue weighted by atomic mass is 10.1. The molecule has 0 saturated carbocycles. The van der Waals surface area contributed by atoms with Crippen molar-refractivity contribution >= 4 is 17.7 Å². The highest BCUT2D eigenvalue weighted by Gasteiger charge is 2.21. The van der Waals surface area contributed by atoms with Crippen molar-refractivity contribution in [2.24, 2.45) is 0 Å². The zero-order valence-electron chi connectivity index (χ0n) is 9.15. The molecular formula is C11H13NO3S. The molecule has 1 aromatic carbocycles. The van der Waals surface area contributed by atoms with Crippen LogP contribution in [0.1, 0.15) is 10.8 Å². The van der Waals surface area contributed by atoms with Crippen LogP contribution in [0.4, 0.5) is 0 Å². The number of hydrogen-bond donors (Lipinski definition) is 1. The molecule has 16 heavy (non-hydrogen) atoms. The van der Waals surface area contributed by atoms with Crippen molar-refractivity contribution in [3.8, 4) is 11.5 Å². The number of carbonyl (C=O) groups excluding carboxylic acids is 1. The van der Waals surface area contributed by atoms with Crippen molar-refractivity contribution in [2.45, 2.75) is 5.25 Å². The number of benzene rings is 1. The van der Waals surface area contributed by atoms with E-state index in [0.29, 0.717) is 5.75 Å². The number of carbonyl (C=O) groups is 1. The molecule has 0 bridgehead atoms. The van der Waals surface area contributed by atoms with Crippen molar-refractivity contribution in [3.05, 3.63) is 23.8 Å². The minimum atomic E-state index is -0.209. The lowest BCUT2D eigenvalue weighted by Gasteiger charge is -2.13. The Morgan fingerprint density at radius 3 is 2.88 bits per heavy atom. The summed E-state index contributed by atoms with van der Waals surface area (Å²) in [6.07, 6.45) is 1.91. The number of likely N-dealkylation sites (N-methyl/N-ethyl adjacent to an activating group) is 1. The molecule has 0 spiro atoms. The Hall–Kier alpha value is -1.36. The van der Waals surface area contributed by atoms with Gasteiger partial charge in [-0.3, -0.25) is 4.79 Å². The van der Waals surface area contributed by atoms with E-state index >= 15 is 0 Å². The summed E-state index contributed by atoms with van der Waals surface area (Å²) >= 11 is 1.49. The predicted octanol–water partition coefficient (Wildman–Crippen LogP) is 1.57. The molecule has 86 valence electrons. The van der Waals surface area contributed by atoms with Crippen LogP contribution in [0.3, 0.4) is 0 Å². The minimum absolute atomic E-state index is 0.00800. The molecular weight excluding hydrogens is 226 g/mol. The van der Waals surface area contributed by atoms with Crippen LogP contribution in [0.2, 0.25) is 0 Å². The van der Waals surface area contributed by atoms with Gasteiger partial charge in [-0.25, -0.2) is 0 Å². The average Bonchev–Trinajstić information content (AvgIpc) is 2.77. The smallest absolute Gasteiger partial charge is 0.237 e. The van der Waals surface area contributed by atoms with Gasteiger partial charge in [0.05, 0.1) is 0 Å². The highest BCUT2D eigenvalue weighted by molar-refractivity contribution is 7.99. The predicted molar refractivity (Wildman–Crippen MR) is 62.9 cm³/mol. The number of ether oxygens (including phenoxy) is 2. The molecule has 1 atom stereocenters. The van der Waals surface area contributed by atoms with Gasteiger partial charge in [0, 0.05) is 7.05 Å². The van der Waals surface area contributed by atoms with E-state index in [2.05, 4.69) is 5.32 Å². The van der Waals surface area contributed by atoms with E-state index < -0.39 is 0 Å². The Morgan fingerprint density at radius 2 is 2.19 bits per heavy atom. The van der Waals surface area contributed by atoms with Crippen LogP contribution in [-0.4, -0.2) is 26.0 Å². The second-order valence-corrected chi connectivity index (χ2v) is 4.29. The normalized spacial score (nSPS) is 14.6. The van der Waals surface area contributed by atoms with E-state index in [9.17, 15) is 4.79 Å². The maximum absolute atomic E-state index is 11.6. The van der Waals surface area contributed by atoms with Crippen molar-refractivity contribution in [3.63, 3.8) is 0 Å². The van der Waals surface area contributed by atoms with Crippen molar-refractivity contribution in [1.29, 1.82) is 0 Å². The molecule has 0 aromatic heterocycles. The fourth-order valence-corrected chi connectivity index (χ4v) is 2.35. The van der Waals surface area contributed by atoms with Gasteiger partial charge in [0.1, 0.15) is 5.25 Å². The van der Waals surface area contributed by atoms with Crippen LogP contribution < -0.4 is 14.8 Å². The maximum Gasteiger partial charge on any atom is 0.237 e. The summed E-state index contributed by atoms with van der Waals surface area (Å²) in [5.41, 5.74) is 0.927. The molecule has 1 unspecified atom stereocenters. The molecule has 0 fully saturated rings. The first-order valence-corrected chi connectivity index (χ1v) is 6.19. The van der Waals surface area contributed by atoms with Gasteiger partial charge in [-0.2, -0.15) is 0 Å². The van der Waals surface area contributed by atoms with Gasteiger partial charge < -0.3 is 14.8 Å². The van der Waals surface area contributed by atoms with E-state index in [1.165, 1.54) is 11.8 Å². The first-order valence-electron chi connectivity index (χ1n) is 4.90. The average molecular weight is 239 g/mol. The fraction of sp³-hybridized carbons (Fsp3) is 0.364. The van der Waals surface area contributed by atoms with Crippen LogP contribution in [-0.2, 0) is 4.79 Å². The number of thioether (sulfide) groups is 1. The summed E-state index contributed by atoms with van der Waals surface area (Å²) in [6, 6.07) is 5.59. The Labute approximate surface area is 98.3 Å². The largest absolute Gasteiger partial charge is 0.454 e. The molecule has 1 aliphatic rings. The molecule has 2 rings (SSSR count). The summed E-state index contributed by atoms with van der Waals surface area (Å²) in [4.78, 5) is 11.6. The molecule has 1 N–H and O–H groups in total. The standard InChI is InChI=1S/C11H13NO3S/c1-12-11(13)10(16-2)7-3-4-8-9(5-7)15-6-14-8/h3-5,10H,6H2,1-2H3,(H,12,13). The SMILES string of the molecule is CNC(=O)C(SC)c1ccc2c(c1)OCO2. The van der Waals surface area contributed by atoms with Crippen LogP contribution >= 0.6 is 11.8 Å². The monoisotopic (exact) mass is 239 g/mol. The van der Waals surface area contributed by atoms with Gasteiger partial charge in [0.25, 0.3) is 0 Å².